The molecule has 0 saturated carbocycles. The Balaban J connectivity index is 1.53. The molecule has 0 radical (unpaired) electrons. The van der Waals surface area contributed by atoms with Crippen molar-refractivity contribution in [3.05, 3.63) is 75.1 Å². The van der Waals surface area contributed by atoms with Crippen molar-refractivity contribution in [2.75, 3.05) is 14.2 Å². The van der Waals surface area contributed by atoms with Crippen LogP contribution in [0.1, 0.15) is 47.6 Å². The van der Waals surface area contributed by atoms with Crippen LogP contribution >= 0.6 is 0 Å². The smallest absolute Gasteiger partial charge is 0.339 e. The molecule has 5 nitrogen and oxygen atoms in total. The van der Waals surface area contributed by atoms with Gasteiger partial charge >= 0.3 is 5.63 Å². The molecular formula is C25H27NO4. The molecule has 0 spiro atoms. The van der Waals surface area contributed by atoms with E-state index < -0.39 is 0 Å². The highest BCUT2D eigenvalue weighted by molar-refractivity contribution is 5.83. The van der Waals surface area contributed by atoms with E-state index in [0.717, 1.165) is 30.2 Å². The fourth-order valence-electron chi connectivity index (χ4n) is 4.50. The van der Waals surface area contributed by atoms with E-state index in [4.69, 9.17) is 9.15 Å². The third-order valence-electron chi connectivity index (χ3n) is 6.28. The second-order valence-corrected chi connectivity index (χ2v) is 7.97. The summed E-state index contributed by atoms with van der Waals surface area (Å²) < 4.78 is 10.7. The van der Waals surface area contributed by atoms with Crippen molar-refractivity contribution < 1.29 is 13.9 Å². The van der Waals surface area contributed by atoms with E-state index in [2.05, 4.69) is 18.2 Å². The van der Waals surface area contributed by atoms with Gasteiger partial charge in [-0.3, -0.25) is 4.79 Å². The van der Waals surface area contributed by atoms with Crippen LogP contribution in [0.5, 0.6) is 5.75 Å². The Morgan fingerprint density at radius 3 is 2.83 bits per heavy atom. The lowest BCUT2D eigenvalue weighted by Crippen LogP contribution is -2.33. The molecule has 1 atom stereocenters. The summed E-state index contributed by atoms with van der Waals surface area (Å²) in [6.45, 7) is 1.91. The second kappa shape index (κ2) is 8.34. The van der Waals surface area contributed by atoms with Gasteiger partial charge in [0.15, 0.2) is 0 Å². The first kappa shape index (κ1) is 20.2. The summed E-state index contributed by atoms with van der Waals surface area (Å²) >= 11 is 0. The van der Waals surface area contributed by atoms with E-state index in [0.29, 0.717) is 23.3 Å². The average Bonchev–Trinajstić information content (AvgIpc) is 2.77. The van der Waals surface area contributed by atoms with Crippen molar-refractivity contribution in [1.82, 2.24) is 4.90 Å². The van der Waals surface area contributed by atoms with E-state index in [1.807, 2.05) is 37.1 Å². The van der Waals surface area contributed by atoms with Crippen LogP contribution < -0.4 is 10.4 Å². The normalized spacial score (nSPS) is 15.6. The topological polar surface area (TPSA) is 59.8 Å². The number of ether oxygens (including phenoxy) is 1. The van der Waals surface area contributed by atoms with Crippen LogP contribution in [0.2, 0.25) is 0 Å². The lowest BCUT2D eigenvalue weighted by atomic mass is 9.87. The Morgan fingerprint density at radius 2 is 2.03 bits per heavy atom. The maximum atomic E-state index is 13.0. The molecule has 1 aliphatic rings. The first-order valence-corrected chi connectivity index (χ1v) is 10.4. The number of hydrogen-bond acceptors (Lipinski definition) is 4. The maximum absolute atomic E-state index is 13.0. The number of fused-ring (bicyclic) bond motifs is 2. The summed E-state index contributed by atoms with van der Waals surface area (Å²) in [7, 11) is 3.45. The van der Waals surface area contributed by atoms with Gasteiger partial charge in [0.2, 0.25) is 5.91 Å². The number of methoxy groups -OCH3 is 1. The molecule has 0 aliphatic heterocycles. The fraction of sp³-hybridized carbons (Fsp3) is 0.360. The molecule has 1 heterocycles. The first-order chi connectivity index (χ1) is 14.5. The van der Waals surface area contributed by atoms with Crippen LogP contribution in [0.4, 0.5) is 0 Å². The van der Waals surface area contributed by atoms with Gasteiger partial charge in [-0.25, -0.2) is 4.79 Å². The molecule has 156 valence electrons. The molecule has 1 aliphatic carbocycles. The summed E-state index contributed by atoms with van der Waals surface area (Å²) in [6, 6.07) is 13.9. The average molecular weight is 405 g/mol. The van der Waals surface area contributed by atoms with E-state index in [-0.39, 0.29) is 24.0 Å². The number of rotatable bonds is 5. The Morgan fingerprint density at radius 1 is 1.23 bits per heavy atom. The van der Waals surface area contributed by atoms with Crippen molar-refractivity contribution in [2.45, 2.75) is 45.1 Å². The van der Waals surface area contributed by atoms with E-state index in [1.54, 1.807) is 13.2 Å². The van der Waals surface area contributed by atoms with Crippen molar-refractivity contribution in [1.29, 1.82) is 0 Å². The lowest BCUT2D eigenvalue weighted by Gasteiger charge is -2.33. The standard InChI is InChI=1S/C25H27NO4/c1-16-19-12-11-18(29-3)15-23(19)30-25(28)20(16)13-14-24(27)26(2)22-10-6-8-17-7-4-5-9-21(17)22/h4-5,7,9,11-12,15,22H,6,8,10,13-14H2,1-3H3/t22-/m1/s1. The lowest BCUT2D eigenvalue weighted by molar-refractivity contribution is -0.132. The van der Waals surface area contributed by atoms with Gasteiger partial charge in [-0.05, 0) is 61.4 Å². The molecule has 0 unspecified atom stereocenters. The van der Waals surface area contributed by atoms with E-state index in [9.17, 15) is 9.59 Å². The molecule has 1 amide bonds. The van der Waals surface area contributed by atoms with Gasteiger partial charge in [0.05, 0.1) is 13.2 Å². The van der Waals surface area contributed by atoms with E-state index >= 15 is 0 Å². The molecule has 2 aromatic carbocycles. The molecule has 5 heteroatoms. The van der Waals surface area contributed by atoms with E-state index in [1.165, 1.54) is 11.1 Å². The molecule has 0 bridgehead atoms. The number of hydrogen-bond donors (Lipinski definition) is 0. The highest BCUT2D eigenvalue weighted by Crippen LogP contribution is 2.34. The monoisotopic (exact) mass is 405 g/mol. The third kappa shape index (κ3) is 3.72. The zero-order valence-corrected chi connectivity index (χ0v) is 17.7. The summed E-state index contributed by atoms with van der Waals surface area (Å²) in [6.07, 6.45) is 3.77. The number of carbonyl (C=O) groups is 1. The third-order valence-corrected chi connectivity index (χ3v) is 6.28. The summed E-state index contributed by atoms with van der Waals surface area (Å²) in [4.78, 5) is 27.4. The highest BCUT2D eigenvalue weighted by atomic mass is 16.5. The molecule has 0 fully saturated rings. The molecular weight excluding hydrogens is 378 g/mol. The van der Waals surface area contributed by atoms with Gasteiger partial charge in [0, 0.05) is 30.5 Å². The van der Waals surface area contributed by atoms with Crippen LogP contribution in [-0.4, -0.2) is 25.0 Å². The molecule has 1 aromatic heterocycles. The van der Waals surface area contributed by atoms with Crippen molar-refractivity contribution in [3.63, 3.8) is 0 Å². The Kier molecular flexibility index (Phi) is 5.62. The van der Waals surface area contributed by atoms with Crippen LogP contribution in [-0.2, 0) is 17.6 Å². The van der Waals surface area contributed by atoms with Gasteiger partial charge in [-0.15, -0.1) is 0 Å². The Hall–Kier alpha value is -3.08. The van der Waals surface area contributed by atoms with Crippen LogP contribution in [0.15, 0.2) is 51.7 Å². The van der Waals surface area contributed by atoms with Crippen LogP contribution in [0.25, 0.3) is 11.0 Å². The summed E-state index contributed by atoms with van der Waals surface area (Å²) in [5.74, 6) is 0.688. The van der Waals surface area contributed by atoms with Crippen LogP contribution in [0.3, 0.4) is 0 Å². The molecule has 3 aromatic rings. The van der Waals surface area contributed by atoms with Crippen molar-refractivity contribution in [2.24, 2.45) is 0 Å². The minimum Gasteiger partial charge on any atom is -0.497 e. The second-order valence-electron chi connectivity index (χ2n) is 7.97. The first-order valence-electron chi connectivity index (χ1n) is 10.4. The quantitative estimate of drug-likeness (QED) is 0.583. The minimum absolute atomic E-state index is 0.0466. The zero-order chi connectivity index (χ0) is 21.3. The Labute approximate surface area is 176 Å². The van der Waals surface area contributed by atoms with Gasteiger partial charge < -0.3 is 14.1 Å². The number of carbonyl (C=O) groups excluding carboxylic acids is 1. The van der Waals surface area contributed by atoms with Gasteiger partial charge in [0.25, 0.3) is 0 Å². The summed E-state index contributed by atoms with van der Waals surface area (Å²) in [5, 5.41) is 0.868. The molecule has 0 saturated heterocycles. The zero-order valence-electron chi connectivity index (χ0n) is 17.7. The number of benzene rings is 2. The predicted molar refractivity (Wildman–Crippen MR) is 117 cm³/mol. The largest absolute Gasteiger partial charge is 0.497 e. The number of amides is 1. The number of nitrogens with zero attached hydrogens (tertiary/aromatic N) is 1. The molecule has 30 heavy (non-hydrogen) atoms. The van der Waals surface area contributed by atoms with Gasteiger partial charge in [-0.1, -0.05) is 24.3 Å². The fourth-order valence-corrected chi connectivity index (χ4v) is 4.50. The Bertz CT molecular complexity index is 1150. The minimum atomic E-state index is -0.383. The molecule has 4 rings (SSSR count). The van der Waals surface area contributed by atoms with Gasteiger partial charge in [-0.2, -0.15) is 0 Å². The SMILES string of the molecule is COc1ccc2c(C)c(CCC(=O)N(C)[C@@H]3CCCc4ccccc43)c(=O)oc2c1. The maximum Gasteiger partial charge on any atom is 0.339 e. The number of aryl methyl sites for hydroxylation is 2. The molecule has 0 N–H and O–H groups in total. The van der Waals surface area contributed by atoms with Gasteiger partial charge in [0.1, 0.15) is 11.3 Å². The predicted octanol–water partition coefficient (Wildman–Crippen LogP) is 4.58. The van der Waals surface area contributed by atoms with Crippen LogP contribution in [0, 0.1) is 6.92 Å². The van der Waals surface area contributed by atoms with Crippen molar-refractivity contribution >= 4 is 16.9 Å². The van der Waals surface area contributed by atoms with Crippen molar-refractivity contribution in [3.8, 4) is 5.75 Å². The summed E-state index contributed by atoms with van der Waals surface area (Å²) in [5.41, 5.74) is 4.13. The highest BCUT2D eigenvalue weighted by Gasteiger charge is 2.26.